The molecule has 0 bridgehead atoms. The van der Waals surface area contributed by atoms with Crippen LogP contribution in [-0.2, 0) is 17.5 Å². The number of carboxylic acids is 1. The van der Waals surface area contributed by atoms with Crippen molar-refractivity contribution in [2.75, 3.05) is 13.1 Å². The van der Waals surface area contributed by atoms with Gasteiger partial charge in [-0.25, -0.2) is 0 Å². The van der Waals surface area contributed by atoms with E-state index >= 15 is 0 Å². The Hall–Kier alpha value is -2.28. The van der Waals surface area contributed by atoms with E-state index in [2.05, 4.69) is 11.8 Å². The molecular formula is C26H32F3NO3. The van der Waals surface area contributed by atoms with Gasteiger partial charge >= 0.3 is 12.1 Å². The van der Waals surface area contributed by atoms with Crippen molar-refractivity contribution < 1.29 is 27.8 Å². The molecule has 2 aromatic rings. The second-order valence-corrected chi connectivity index (χ2v) is 9.83. The molecule has 4 nitrogen and oxygen atoms in total. The molecule has 1 aliphatic heterocycles. The monoisotopic (exact) mass is 463 g/mol. The van der Waals surface area contributed by atoms with Gasteiger partial charge in [-0.2, -0.15) is 13.2 Å². The van der Waals surface area contributed by atoms with Crippen molar-refractivity contribution >= 4 is 16.7 Å². The van der Waals surface area contributed by atoms with Crippen molar-refractivity contribution in [1.29, 1.82) is 0 Å². The quantitative estimate of drug-likeness (QED) is 0.531. The molecule has 0 spiro atoms. The highest BCUT2D eigenvalue weighted by Gasteiger charge is 2.37. The average Bonchev–Trinajstić information content (AvgIpc) is 2.74. The maximum absolute atomic E-state index is 14.2. The Kier molecular flexibility index (Phi) is 7.17. The standard InChI is InChI=1S/C26H32F3NO3/c1-17-4-9-21(10-5-17)33-23-11-8-20-7-6-19(13-22(20)25(23)26(27,28)29)16-30-12-2-3-18(15-30)14-24(31)32/h6-8,11,13,17-18,21H,2-5,9-10,12,14-16H2,1H3,(H,31,32)/t17-,18-,21+/m1/s1. The van der Waals surface area contributed by atoms with Crippen LogP contribution in [0.25, 0.3) is 10.8 Å². The molecule has 1 N–H and O–H groups in total. The van der Waals surface area contributed by atoms with Gasteiger partial charge in [0.15, 0.2) is 0 Å². The van der Waals surface area contributed by atoms with Crippen LogP contribution in [0.2, 0.25) is 0 Å². The number of aliphatic carboxylic acids is 1. The highest BCUT2D eigenvalue weighted by atomic mass is 19.4. The number of hydrogen-bond donors (Lipinski definition) is 1. The van der Waals surface area contributed by atoms with Crippen LogP contribution in [0.5, 0.6) is 5.75 Å². The second-order valence-electron chi connectivity index (χ2n) is 9.83. The largest absolute Gasteiger partial charge is 0.490 e. The lowest BCUT2D eigenvalue weighted by atomic mass is 9.89. The molecule has 2 aliphatic rings. The molecule has 1 aliphatic carbocycles. The van der Waals surface area contributed by atoms with Gasteiger partial charge in [-0.3, -0.25) is 9.69 Å². The Morgan fingerprint density at radius 2 is 1.85 bits per heavy atom. The summed E-state index contributed by atoms with van der Waals surface area (Å²) in [4.78, 5) is 13.2. The lowest BCUT2D eigenvalue weighted by Gasteiger charge is -2.32. The molecule has 1 saturated heterocycles. The Bertz CT molecular complexity index is 983. The highest BCUT2D eigenvalue weighted by molar-refractivity contribution is 5.89. The number of hydrogen-bond acceptors (Lipinski definition) is 3. The van der Waals surface area contributed by atoms with Gasteiger partial charge in [0.1, 0.15) is 11.3 Å². The molecule has 0 aromatic heterocycles. The van der Waals surface area contributed by atoms with Crippen molar-refractivity contribution in [3.05, 3.63) is 41.5 Å². The van der Waals surface area contributed by atoms with Crippen LogP contribution in [0.3, 0.4) is 0 Å². The molecular weight excluding hydrogens is 431 g/mol. The molecule has 2 aromatic carbocycles. The lowest BCUT2D eigenvalue weighted by molar-refractivity contribution is -0.139. The third kappa shape index (κ3) is 5.99. The van der Waals surface area contributed by atoms with Crippen LogP contribution in [0.4, 0.5) is 13.2 Å². The van der Waals surface area contributed by atoms with Gasteiger partial charge in [0.05, 0.1) is 6.10 Å². The summed E-state index contributed by atoms with van der Waals surface area (Å²) in [6.07, 6.45) is 0.718. The zero-order valence-electron chi connectivity index (χ0n) is 19.0. The van der Waals surface area contributed by atoms with E-state index in [1.807, 2.05) is 6.07 Å². The van der Waals surface area contributed by atoms with E-state index in [4.69, 9.17) is 9.84 Å². The fraction of sp³-hybridized carbons (Fsp3) is 0.577. The molecule has 4 rings (SSSR count). The molecule has 0 radical (unpaired) electrons. The maximum Gasteiger partial charge on any atom is 0.420 e. The molecule has 1 heterocycles. The number of likely N-dealkylation sites (tertiary alicyclic amines) is 1. The molecule has 0 amide bonds. The van der Waals surface area contributed by atoms with Gasteiger partial charge in [-0.05, 0) is 85.4 Å². The number of halogens is 3. The zero-order valence-corrected chi connectivity index (χ0v) is 19.0. The molecule has 1 atom stereocenters. The number of rotatable bonds is 6. The van der Waals surface area contributed by atoms with E-state index in [9.17, 15) is 18.0 Å². The van der Waals surface area contributed by atoms with Crippen LogP contribution in [0.15, 0.2) is 30.3 Å². The van der Waals surface area contributed by atoms with Gasteiger partial charge in [-0.1, -0.05) is 25.1 Å². The molecule has 33 heavy (non-hydrogen) atoms. The number of carboxylic acid groups (broad SMARTS) is 1. The summed E-state index contributed by atoms with van der Waals surface area (Å²) in [6.45, 7) is 4.15. The minimum Gasteiger partial charge on any atom is -0.490 e. The fourth-order valence-electron chi connectivity index (χ4n) is 5.33. The summed E-state index contributed by atoms with van der Waals surface area (Å²) in [5.74, 6) is -0.204. The summed E-state index contributed by atoms with van der Waals surface area (Å²) in [5.41, 5.74) is 0.107. The number of piperidine rings is 1. The molecule has 180 valence electrons. The predicted octanol–water partition coefficient (Wildman–Crippen LogP) is 6.50. The molecule has 0 unspecified atom stereocenters. The van der Waals surface area contributed by atoms with Crippen LogP contribution < -0.4 is 4.74 Å². The minimum absolute atomic E-state index is 0.0776. The number of nitrogens with zero attached hydrogens (tertiary/aromatic N) is 1. The van der Waals surface area contributed by atoms with E-state index in [-0.39, 0.29) is 29.6 Å². The third-order valence-corrected chi connectivity index (χ3v) is 7.06. The lowest BCUT2D eigenvalue weighted by Crippen LogP contribution is -2.35. The predicted molar refractivity (Wildman–Crippen MR) is 121 cm³/mol. The van der Waals surface area contributed by atoms with Crippen molar-refractivity contribution in [2.45, 2.75) is 70.7 Å². The second kappa shape index (κ2) is 9.92. The summed E-state index contributed by atoms with van der Waals surface area (Å²) < 4.78 is 48.6. The van der Waals surface area contributed by atoms with Gasteiger partial charge in [0, 0.05) is 19.5 Å². The smallest absolute Gasteiger partial charge is 0.420 e. The fourth-order valence-corrected chi connectivity index (χ4v) is 5.33. The van der Waals surface area contributed by atoms with E-state index < -0.39 is 17.7 Å². The molecule has 2 fully saturated rings. The number of carbonyl (C=O) groups is 1. The summed E-state index contributed by atoms with van der Waals surface area (Å²) in [5, 5.41) is 9.79. The third-order valence-electron chi connectivity index (χ3n) is 7.06. The van der Waals surface area contributed by atoms with Gasteiger partial charge < -0.3 is 9.84 Å². The number of benzene rings is 2. The zero-order chi connectivity index (χ0) is 23.6. The van der Waals surface area contributed by atoms with Gasteiger partial charge in [0.2, 0.25) is 0 Å². The van der Waals surface area contributed by atoms with E-state index in [0.29, 0.717) is 24.4 Å². The van der Waals surface area contributed by atoms with Gasteiger partial charge in [0.25, 0.3) is 0 Å². The van der Waals surface area contributed by atoms with Gasteiger partial charge in [-0.15, -0.1) is 0 Å². The average molecular weight is 464 g/mol. The van der Waals surface area contributed by atoms with Crippen LogP contribution in [0, 0.1) is 11.8 Å². The first kappa shape index (κ1) is 23.9. The first-order valence-electron chi connectivity index (χ1n) is 11.9. The topological polar surface area (TPSA) is 49.8 Å². The normalized spacial score (nSPS) is 24.7. The van der Waals surface area contributed by atoms with E-state index in [1.54, 1.807) is 18.2 Å². The molecule has 1 saturated carbocycles. The van der Waals surface area contributed by atoms with Crippen LogP contribution >= 0.6 is 0 Å². The maximum atomic E-state index is 14.2. The van der Waals surface area contributed by atoms with Crippen LogP contribution in [-0.4, -0.2) is 35.2 Å². The number of fused-ring (bicyclic) bond motifs is 1. The van der Waals surface area contributed by atoms with Crippen molar-refractivity contribution in [2.24, 2.45) is 11.8 Å². The minimum atomic E-state index is -4.52. The summed E-state index contributed by atoms with van der Waals surface area (Å²) >= 11 is 0. The number of alkyl halides is 3. The van der Waals surface area contributed by atoms with Crippen molar-refractivity contribution in [3.63, 3.8) is 0 Å². The summed E-state index contributed by atoms with van der Waals surface area (Å²) in [7, 11) is 0. The van der Waals surface area contributed by atoms with Crippen molar-refractivity contribution in [3.8, 4) is 5.75 Å². The Labute approximate surface area is 192 Å². The summed E-state index contributed by atoms with van der Waals surface area (Å²) in [6, 6.07) is 8.41. The Morgan fingerprint density at radius 3 is 2.55 bits per heavy atom. The Balaban J connectivity index is 1.59. The first-order chi connectivity index (χ1) is 15.7. The van der Waals surface area contributed by atoms with E-state index in [0.717, 1.165) is 50.6 Å². The van der Waals surface area contributed by atoms with Crippen molar-refractivity contribution in [1.82, 2.24) is 4.90 Å². The number of ether oxygens (including phenoxy) is 1. The first-order valence-corrected chi connectivity index (χ1v) is 11.9. The molecule has 7 heteroatoms. The van der Waals surface area contributed by atoms with Crippen LogP contribution in [0.1, 0.15) is 63.0 Å². The Morgan fingerprint density at radius 1 is 1.12 bits per heavy atom. The SMILES string of the molecule is C[C@H]1CC[C@@H](Oc2ccc3ccc(CN4CCC[C@H](CC(=O)O)C4)cc3c2C(F)(F)F)CC1. The van der Waals surface area contributed by atoms with E-state index in [1.165, 1.54) is 6.07 Å². The highest BCUT2D eigenvalue weighted by Crippen LogP contribution is 2.43.